The van der Waals surface area contributed by atoms with Crippen LogP contribution in [-0.4, -0.2) is 131 Å². The molecule has 2 aromatic rings. The van der Waals surface area contributed by atoms with Crippen LogP contribution < -0.4 is 9.47 Å². The van der Waals surface area contributed by atoms with E-state index < -0.39 is 91.9 Å². The summed E-state index contributed by atoms with van der Waals surface area (Å²) in [5, 5.41) is 99.0. The first-order chi connectivity index (χ1) is 19.9. The summed E-state index contributed by atoms with van der Waals surface area (Å²) in [5.41, 5.74) is 0.211. The first-order valence-corrected chi connectivity index (χ1v) is 12.8. The van der Waals surface area contributed by atoms with Gasteiger partial charge < -0.3 is 70.0 Å². The maximum absolute atomic E-state index is 12.7. The van der Waals surface area contributed by atoms with Crippen LogP contribution in [0.25, 0.3) is 6.08 Å². The number of phenols is 2. The lowest BCUT2D eigenvalue weighted by Gasteiger charge is -2.39. The molecular formula is C27H32O15. The number of aromatic hydroxyl groups is 2. The van der Waals surface area contributed by atoms with Crippen LogP contribution in [0, 0.1) is 0 Å². The second kappa shape index (κ2) is 13.3. The predicted molar refractivity (Wildman–Crippen MR) is 138 cm³/mol. The van der Waals surface area contributed by atoms with Gasteiger partial charge in [0.25, 0.3) is 0 Å². The van der Waals surface area contributed by atoms with Gasteiger partial charge in [-0.15, -0.1) is 0 Å². The van der Waals surface area contributed by atoms with E-state index in [9.17, 15) is 55.9 Å². The van der Waals surface area contributed by atoms with Gasteiger partial charge in [0.05, 0.1) is 18.8 Å². The molecule has 2 aliphatic heterocycles. The Morgan fingerprint density at radius 2 is 1.29 bits per heavy atom. The molecule has 10 N–H and O–H groups in total. The molecule has 10 unspecified atom stereocenters. The largest absolute Gasteiger partial charge is 0.507 e. The molecular weight excluding hydrogens is 564 g/mol. The van der Waals surface area contributed by atoms with Crippen LogP contribution in [0.2, 0.25) is 0 Å². The van der Waals surface area contributed by atoms with E-state index in [4.69, 9.17) is 18.9 Å². The summed E-state index contributed by atoms with van der Waals surface area (Å²) >= 11 is 0. The first kappa shape index (κ1) is 31.6. The summed E-state index contributed by atoms with van der Waals surface area (Å²) in [7, 11) is 0. The van der Waals surface area contributed by atoms with Gasteiger partial charge in [0, 0.05) is 6.07 Å². The van der Waals surface area contributed by atoms with Gasteiger partial charge in [-0.3, -0.25) is 4.79 Å². The van der Waals surface area contributed by atoms with Crippen molar-refractivity contribution in [3.8, 4) is 23.0 Å². The smallest absolute Gasteiger partial charge is 0.229 e. The summed E-state index contributed by atoms with van der Waals surface area (Å²) < 4.78 is 21.3. The lowest BCUT2D eigenvalue weighted by atomic mass is 9.99. The maximum atomic E-state index is 12.7. The Kier molecular flexibility index (Phi) is 10.0. The molecule has 230 valence electrons. The monoisotopic (exact) mass is 596 g/mol. The van der Waals surface area contributed by atoms with Crippen molar-refractivity contribution in [2.24, 2.45) is 0 Å². The van der Waals surface area contributed by atoms with Crippen LogP contribution in [0.1, 0.15) is 15.9 Å². The van der Waals surface area contributed by atoms with Gasteiger partial charge in [0.15, 0.2) is 17.3 Å². The fraction of sp³-hybridized carbons (Fsp3) is 0.444. The van der Waals surface area contributed by atoms with Crippen molar-refractivity contribution in [1.29, 1.82) is 0 Å². The minimum atomic E-state index is -1.68. The summed E-state index contributed by atoms with van der Waals surface area (Å²) in [6.45, 7) is -1.31. The first-order valence-electron chi connectivity index (χ1n) is 12.8. The molecule has 42 heavy (non-hydrogen) atoms. The number of ketones is 1. The van der Waals surface area contributed by atoms with E-state index in [-0.39, 0.29) is 17.1 Å². The van der Waals surface area contributed by atoms with E-state index in [2.05, 4.69) is 0 Å². The highest BCUT2D eigenvalue weighted by molar-refractivity contribution is 6.08. The number of aliphatic hydroxyl groups excluding tert-OH is 8. The topological polar surface area (TPSA) is 256 Å². The third-order valence-electron chi connectivity index (χ3n) is 6.84. The number of carbonyl (C=O) groups is 1. The standard InChI is InChI=1S/C27H32O15/c28-9-18-20(33)22(35)24(37)26(41-18)39-12-3-4-13(15(31)8-12)14(30)5-1-11-2-6-17(16(32)7-11)40-27-25(38)23(36)21(34)19(10-29)42-27/h1-8,18-29,31-38H,9-10H2. The minimum Gasteiger partial charge on any atom is -0.507 e. The average Bonchev–Trinajstić information content (AvgIpc) is 2.97. The van der Waals surface area contributed by atoms with Crippen LogP contribution in [0.3, 0.4) is 0 Å². The quantitative estimate of drug-likeness (QED) is 0.105. The van der Waals surface area contributed by atoms with Gasteiger partial charge in [0.1, 0.15) is 60.3 Å². The van der Waals surface area contributed by atoms with Crippen LogP contribution in [0.5, 0.6) is 23.0 Å². The number of phenolic OH excluding ortho intramolecular Hbond substituents is 2. The molecule has 0 amide bonds. The number of hydrogen-bond donors (Lipinski definition) is 10. The summed E-state index contributed by atoms with van der Waals surface area (Å²) in [6.07, 6.45) is -12.8. The molecule has 10 atom stereocenters. The van der Waals surface area contributed by atoms with Gasteiger partial charge in [-0.25, -0.2) is 0 Å². The van der Waals surface area contributed by atoms with Crippen molar-refractivity contribution in [2.75, 3.05) is 13.2 Å². The number of rotatable bonds is 9. The molecule has 0 saturated carbocycles. The second-order valence-electron chi connectivity index (χ2n) is 9.73. The van der Waals surface area contributed by atoms with E-state index in [0.717, 1.165) is 12.1 Å². The maximum Gasteiger partial charge on any atom is 0.229 e. The van der Waals surface area contributed by atoms with Crippen molar-refractivity contribution in [3.63, 3.8) is 0 Å². The highest BCUT2D eigenvalue weighted by atomic mass is 16.7. The van der Waals surface area contributed by atoms with Gasteiger partial charge in [-0.05, 0) is 35.9 Å². The summed E-state index contributed by atoms with van der Waals surface area (Å²) in [6, 6.07) is 7.55. The van der Waals surface area contributed by atoms with Crippen molar-refractivity contribution in [2.45, 2.75) is 61.4 Å². The van der Waals surface area contributed by atoms with E-state index in [1.165, 1.54) is 36.4 Å². The molecule has 0 aliphatic carbocycles. The molecule has 0 bridgehead atoms. The van der Waals surface area contributed by atoms with Gasteiger partial charge >= 0.3 is 0 Å². The minimum absolute atomic E-state index is 0.0442. The summed E-state index contributed by atoms with van der Waals surface area (Å²) in [4.78, 5) is 12.7. The number of benzene rings is 2. The zero-order valence-electron chi connectivity index (χ0n) is 21.8. The number of hydrogen-bond acceptors (Lipinski definition) is 15. The number of ether oxygens (including phenoxy) is 4. The van der Waals surface area contributed by atoms with Crippen LogP contribution in [0.15, 0.2) is 42.5 Å². The summed E-state index contributed by atoms with van der Waals surface area (Å²) in [5.74, 6) is -1.74. The number of aliphatic hydroxyl groups is 8. The lowest BCUT2D eigenvalue weighted by molar-refractivity contribution is -0.277. The molecule has 2 aromatic carbocycles. The molecule has 0 radical (unpaired) electrons. The van der Waals surface area contributed by atoms with Crippen LogP contribution in [0.4, 0.5) is 0 Å². The number of allylic oxidation sites excluding steroid dienone is 1. The molecule has 2 heterocycles. The van der Waals surface area contributed by atoms with E-state index in [1.807, 2.05) is 0 Å². The highest BCUT2D eigenvalue weighted by Crippen LogP contribution is 2.32. The van der Waals surface area contributed by atoms with Gasteiger partial charge in [-0.2, -0.15) is 0 Å². The zero-order valence-corrected chi connectivity index (χ0v) is 21.8. The van der Waals surface area contributed by atoms with Crippen molar-refractivity contribution in [3.05, 3.63) is 53.6 Å². The molecule has 0 spiro atoms. The molecule has 2 aliphatic rings. The van der Waals surface area contributed by atoms with Crippen molar-refractivity contribution in [1.82, 2.24) is 0 Å². The molecule has 15 heteroatoms. The third-order valence-corrected chi connectivity index (χ3v) is 6.84. The fourth-order valence-electron chi connectivity index (χ4n) is 4.38. The van der Waals surface area contributed by atoms with E-state index >= 15 is 0 Å². The van der Waals surface area contributed by atoms with E-state index in [0.29, 0.717) is 5.56 Å². The van der Waals surface area contributed by atoms with Gasteiger partial charge in [0.2, 0.25) is 12.6 Å². The van der Waals surface area contributed by atoms with Crippen molar-refractivity contribution < 1.29 is 74.8 Å². The Hall–Kier alpha value is -3.35. The molecule has 0 aromatic heterocycles. The average molecular weight is 597 g/mol. The Morgan fingerprint density at radius 3 is 1.81 bits per heavy atom. The second-order valence-corrected chi connectivity index (χ2v) is 9.73. The van der Waals surface area contributed by atoms with Crippen LogP contribution in [-0.2, 0) is 9.47 Å². The molecule has 15 nitrogen and oxygen atoms in total. The van der Waals surface area contributed by atoms with Crippen molar-refractivity contribution >= 4 is 11.9 Å². The predicted octanol–water partition coefficient (Wildman–Crippen LogP) is -2.65. The Balaban J connectivity index is 1.39. The van der Waals surface area contributed by atoms with Crippen LogP contribution >= 0.6 is 0 Å². The molecule has 2 saturated heterocycles. The fourth-order valence-corrected chi connectivity index (χ4v) is 4.38. The zero-order chi connectivity index (χ0) is 30.7. The highest BCUT2D eigenvalue weighted by Gasteiger charge is 2.46. The Bertz CT molecular complexity index is 1260. The number of carbonyl (C=O) groups excluding carboxylic acids is 1. The normalized spacial score (nSPS) is 33.4. The lowest BCUT2D eigenvalue weighted by Crippen LogP contribution is -2.60. The Morgan fingerprint density at radius 1 is 0.714 bits per heavy atom. The third kappa shape index (κ3) is 6.66. The van der Waals surface area contributed by atoms with Gasteiger partial charge in [-0.1, -0.05) is 12.1 Å². The van der Waals surface area contributed by atoms with E-state index in [1.54, 1.807) is 0 Å². The molecule has 2 fully saturated rings. The molecule has 4 rings (SSSR count). The Labute approximate surface area is 238 Å². The SMILES string of the molecule is O=C(C=Cc1ccc(OC2OC(CO)C(O)C(O)C2O)c(O)c1)c1ccc(OC2OC(CO)C(O)C(O)C2O)cc1O.